The number of benzene rings is 1. The number of fused-ring (bicyclic) bond motifs is 2. The third-order valence-electron chi connectivity index (χ3n) is 3.85. The van der Waals surface area contributed by atoms with E-state index < -0.39 is 12.2 Å². The summed E-state index contributed by atoms with van der Waals surface area (Å²) < 4.78 is 6.03. The lowest BCUT2D eigenvalue weighted by Crippen LogP contribution is -2.35. The molecule has 1 aromatic rings. The largest absolute Gasteiger partial charge is 0.487 e. The van der Waals surface area contributed by atoms with E-state index in [1.165, 1.54) is 0 Å². The van der Waals surface area contributed by atoms with Gasteiger partial charge in [-0.1, -0.05) is 24.3 Å². The molecule has 0 amide bonds. The Labute approximate surface area is 107 Å². The summed E-state index contributed by atoms with van der Waals surface area (Å²) in [7, 11) is 0. The van der Waals surface area contributed by atoms with E-state index in [1.54, 1.807) is 0 Å². The van der Waals surface area contributed by atoms with Crippen LogP contribution in [0.1, 0.15) is 43.9 Å². The molecule has 3 rings (SSSR count). The van der Waals surface area contributed by atoms with E-state index in [9.17, 15) is 10.2 Å². The quantitative estimate of drug-likeness (QED) is 0.739. The fraction of sp³-hybridized carbons (Fsp3) is 0.467. The van der Waals surface area contributed by atoms with Crippen LogP contribution in [0.3, 0.4) is 0 Å². The first-order chi connectivity index (χ1) is 8.49. The molecule has 2 aliphatic rings. The van der Waals surface area contributed by atoms with Crippen molar-refractivity contribution in [2.75, 3.05) is 0 Å². The summed E-state index contributed by atoms with van der Waals surface area (Å²) in [6, 6.07) is 7.59. The van der Waals surface area contributed by atoms with E-state index in [0.717, 1.165) is 35.3 Å². The smallest absolute Gasteiger partial charge is 0.129 e. The van der Waals surface area contributed by atoms with E-state index in [0.29, 0.717) is 0 Å². The lowest BCUT2D eigenvalue weighted by atomic mass is 9.81. The van der Waals surface area contributed by atoms with Crippen LogP contribution in [0.25, 0.3) is 5.76 Å². The molecule has 1 aliphatic heterocycles. The van der Waals surface area contributed by atoms with Gasteiger partial charge in [0.05, 0.1) is 0 Å². The van der Waals surface area contributed by atoms with Gasteiger partial charge < -0.3 is 14.9 Å². The summed E-state index contributed by atoms with van der Waals surface area (Å²) in [5, 5.41) is 20.4. The summed E-state index contributed by atoms with van der Waals surface area (Å²) in [6.07, 6.45) is -0.0529. The molecule has 0 bridgehead atoms. The summed E-state index contributed by atoms with van der Waals surface area (Å²) in [6.45, 7) is 4.10. The average Bonchev–Trinajstić information content (AvgIpc) is 2.35. The Hall–Kier alpha value is -1.32. The van der Waals surface area contributed by atoms with Crippen LogP contribution in [0.4, 0.5) is 0 Å². The molecular weight excluding hydrogens is 228 g/mol. The maximum Gasteiger partial charge on any atom is 0.129 e. The number of rotatable bonds is 0. The molecular formula is C15H18O3. The molecule has 3 heteroatoms. The van der Waals surface area contributed by atoms with Gasteiger partial charge in [-0.2, -0.15) is 0 Å². The minimum Gasteiger partial charge on any atom is -0.487 e. The van der Waals surface area contributed by atoms with Crippen molar-refractivity contribution >= 4 is 5.76 Å². The molecule has 1 heterocycles. The zero-order valence-corrected chi connectivity index (χ0v) is 10.7. The lowest BCUT2D eigenvalue weighted by molar-refractivity contribution is 0.00805. The van der Waals surface area contributed by atoms with E-state index in [4.69, 9.17) is 4.74 Å². The van der Waals surface area contributed by atoms with Gasteiger partial charge in [-0.05, 0) is 32.3 Å². The Morgan fingerprint density at radius 3 is 2.67 bits per heavy atom. The zero-order chi connectivity index (χ0) is 12.9. The number of hydrogen-bond acceptors (Lipinski definition) is 3. The maximum absolute atomic E-state index is 10.2. The van der Waals surface area contributed by atoms with Gasteiger partial charge in [-0.3, -0.25) is 0 Å². The summed E-state index contributed by atoms with van der Waals surface area (Å²) in [4.78, 5) is 0. The van der Waals surface area contributed by atoms with Gasteiger partial charge in [-0.15, -0.1) is 0 Å². The first kappa shape index (κ1) is 11.8. The fourth-order valence-electron chi connectivity index (χ4n) is 2.77. The van der Waals surface area contributed by atoms with Gasteiger partial charge >= 0.3 is 0 Å². The highest BCUT2D eigenvalue weighted by molar-refractivity contribution is 5.71. The molecule has 3 nitrogen and oxygen atoms in total. The van der Waals surface area contributed by atoms with Crippen molar-refractivity contribution in [2.45, 2.75) is 44.5 Å². The van der Waals surface area contributed by atoms with E-state index >= 15 is 0 Å². The van der Waals surface area contributed by atoms with Crippen LogP contribution in [-0.2, 0) is 4.74 Å². The highest BCUT2D eigenvalue weighted by Gasteiger charge is 2.39. The summed E-state index contributed by atoms with van der Waals surface area (Å²) in [5.74, 6) is 0.764. The number of hydrogen-bond donors (Lipinski definition) is 2. The molecule has 1 aliphatic carbocycles. The SMILES string of the molecule is CC1(C)CCC2=C(O1)c1ccccc1C(O)C2O. The molecule has 1 aromatic carbocycles. The molecule has 0 aromatic heterocycles. The molecule has 0 spiro atoms. The van der Waals surface area contributed by atoms with Gasteiger partial charge in [0.1, 0.15) is 23.6 Å². The van der Waals surface area contributed by atoms with Crippen molar-refractivity contribution in [3.05, 3.63) is 41.0 Å². The standard InChI is InChI=1S/C15H18O3/c1-15(2)8-7-11-13(17)12(16)9-5-3-4-6-10(9)14(11)18-15/h3-6,12-13,16-17H,7-8H2,1-2H3. The third kappa shape index (κ3) is 1.66. The Morgan fingerprint density at radius 1 is 1.17 bits per heavy atom. The van der Waals surface area contributed by atoms with Gasteiger partial charge in [0, 0.05) is 11.1 Å². The van der Waals surface area contributed by atoms with Crippen LogP contribution >= 0.6 is 0 Å². The zero-order valence-electron chi connectivity index (χ0n) is 10.7. The predicted octanol–water partition coefficient (Wildman–Crippen LogP) is 2.39. The van der Waals surface area contributed by atoms with Gasteiger partial charge in [0.2, 0.25) is 0 Å². The molecule has 2 unspecified atom stereocenters. The van der Waals surface area contributed by atoms with Crippen LogP contribution in [0.15, 0.2) is 29.8 Å². The molecule has 96 valence electrons. The molecule has 2 N–H and O–H groups in total. The third-order valence-corrected chi connectivity index (χ3v) is 3.85. The summed E-state index contributed by atoms with van der Waals surface area (Å²) >= 11 is 0. The summed E-state index contributed by atoms with van der Waals surface area (Å²) in [5.41, 5.74) is 2.29. The van der Waals surface area contributed by atoms with Crippen LogP contribution < -0.4 is 0 Å². The van der Waals surface area contributed by atoms with E-state index in [1.807, 2.05) is 24.3 Å². The Balaban J connectivity index is 2.16. The van der Waals surface area contributed by atoms with E-state index in [2.05, 4.69) is 13.8 Å². The second kappa shape index (κ2) is 3.84. The predicted molar refractivity (Wildman–Crippen MR) is 68.7 cm³/mol. The molecule has 0 fully saturated rings. The van der Waals surface area contributed by atoms with Crippen LogP contribution in [-0.4, -0.2) is 21.9 Å². The second-order valence-corrected chi connectivity index (χ2v) is 5.69. The van der Waals surface area contributed by atoms with Crippen molar-refractivity contribution in [2.24, 2.45) is 0 Å². The van der Waals surface area contributed by atoms with Crippen molar-refractivity contribution in [1.29, 1.82) is 0 Å². The van der Waals surface area contributed by atoms with Crippen molar-refractivity contribution in [3.8, 4) is 0 Å². The monoisotopic (exact) mass is 246 g/mol. The van der Waals surface area contributed by atoms with Crippen LogP contribution in [0, 0.1) is 0 Å². The topological polar surface area (TPSA) is 49.7 Å². The fourth-order valence-corrected chi connectivity index (χ4v) is 2.77. The van der Waals surface area contributed by atoms with Gasteiger partial charge in [-0.25, -0.2) is 0 Å². The van der Waals surface area contributed by atoms with Gasteiger partial charge in [0.25, 0.3) is 0 Å². The van der Waals surface area contributed by atoms with E-state index in [-0.39, 0.29) is 5.60 Å². The Kier molecular flexibility index (Phi) is 2.50. The number of aliphatic hydroxyl groups excluding tert-OH is 2. The second-order valence-electron chi connectivity index (χ2n) is 5.69. The Morgan fingerprint density at radius 2 is 1.89 bits per heavy atom. The van der Waals surface area contributed by atoms with Crippen LogP contribution in [0.2, 0.25) is 0 Å². The lowest BCUT2D eigenvalue weighted by Gasteiger charge is -2.40. The van der Waals surface area contributed by atoms with Crippen LogP contribution in [0.5, 0.6) is 0 Å². The highest BCUT2D eigenvalue weighted by Crippen LogP contribution is 2.45. The normalized spacial score (nSPS) is 29.3. The first-order valence-electron chi connectivity index (χ1n) is 6.37. The van der Waals surface area contributed by atoms with Crippen molar-refractivity contribution in [1.82, 2.24) is 0 Å². The average molecular weight is 246 g/mol. The van der Waals surface area contributed by atoms with Gasteiger partial charge in [0.15, 0.2) is 0 Å². The molecule has 0 radical (unpaired) electrons. The number of aliphatic hydroxyl groups is 2. The molecule has 0 saturated carbocycles. The molecule has 2 atom stereocenters. The molecule has 0 saturated heterocycles. The Bertz CT molecular complexity index is 516. The minimum absolute atomic E-state index is 0.214. The first-order valence-corrected chi connectivity index (χ1v) is 6.37. The maximum atomic E-state index is 10.2. The van der Waals surface area contributed by atoms with Crippen molar-refractivity contribution < 1.29 is 14.9 Å². The highest BCUT2D eigenvalue weighted by atomic mass is 16.5. The molecule has 18 heavy (non-hydrogen) atoms. The number of ether oxygens (including phenoxy) is 1. The van der Waals surface area contributed by atoms with Crippen molar-refractivity contribution in [3.63, 3.8) is 0 Å². The minimum atomic E-state index is -0.843.